The van der Waals surface area contributed by atoms with Crippen LogP contribution in [0.15, 0.2) is 11.6 Å². The maximum Gasteiger partial charge on any atom is 0.244 e. The number of hydrogen-bond acceptors (Lipinski definition) is 3. The van der Waals surface area contributed by atoms with Gasteiger partial charge in [-0.15, -0.1) is 11.8 Å². The Labute approximate surface area is 144 Å². The van der Waals surface area contributed by atoms with Gasteiger partial charge in [0.25, 0.3) is 0 Å². The molecule has 0 aromatic carbocycles. The van der Waals surface area contributed by atoms with Crippen LogP contribution in [0.1, 0.15) is 48.5 Å². The molecular formula is C18H30N2O2S. The zero-order chi connectivity index (χ0) is 17.6. The molecule has 3 atom stereocenters. The van der Waals surface area contributed by atoms with Crippen LogP contribution in [0.5, 0.6) is 0 Å². The quantitative estimate of drug-likeness (QED) is 0.805. The molecule has 2 rings (SSSR count). The van der Waals surface area contributed by atoms with Gasteiger partial charge in [-0.1, -0.05) is 25.5 Å². The molecule has 0 aromatic heterocycles. The smallest absolute Gasteiger partial charge is 0.244 e. The van der Waals surface area contributed by atoms with Crippen LogP contribution >= 0.6 is 11.8 Å². The fraction of sp³-hybridized carbons (Fsp3) is 0.778. The second-order valence-electron chi connectivity index (χ2n) is 8.63. The summed E-state index contributed by atoms with van der Waals surface area (Å²) in [6, 6.07) is -0.338. The van der Waals surface area contributed by atoms with Crippen LogP contribution < -0.4 is 5.32 Å². The normalized spacial score (nSPS) is 29.2. The summed E-state index contributed by atoms with van der Waals surface area (Å²) in [6.45, 7) is 14.3. The van der Waals surface area contributed by atoms with Gasteiger partial charge in [-0.25, -0.2) is 0 Å². The van der Waals surface area contributed by atoms with Crippen LogP contribution in [0, 0.1) is 17.3 Å². The second kappa shape index (κ2) is 6.15. The Morgan fingerprint density at radius 3 is 2.39 bits per heavy atom. The van der Waals surface area contributed by atoms with Gasteiger partial charge in [-0.05, 0) is 46.0 Å². The van der Waals surface area contributed by atoms with Crippen molar-refractivity contribution in [3.63, 3.8) is 0 Å². The molecule has 0 bridgehead atoms. The number of nitrogens with one attached hydrogen (secondary N) is 1. The van der Waals surface area contributed by atoms with Crippen LogP contribution in [-0.2, 0) is 9.59 Å². The Balaban J connectivity index is 2.10. The van der Waals surface area contributed by atoms with E-state index in [9.17, 15) is 9.59 Å². The highest BCUT2D eigenvalue weighted by Gasteiger charge is 2.62. The van der Waals surface area contributed by atoms with Gasteiger partial charge in [-0.2, -0.15) is 0 Å². The molecular weight excluding hydrogens is 308 g/mol. The molecule has 0 unspecified atom stereocenters. The van der Waals surface area contributed by atoms with Crippen molar-refractivity contribution in [3.05, 3.63) is 11.6 Å². The van der Waals surface area contributed by atoms with Crippen LogP contribution in [-0.4, -0.2) is 39.9 Å². The van der Waals surface area contributed by atoms with Crippen molar-refractivity contribution < 1.29 is 9.59 Å². The molecule has 130 valence electrons. The van der Waals surface area contributed by atoms with Crippen LogP contribution in [0.2, 0.25) is 0 Å². The van der Waals surface area contributed by atoms with Crippen molar-refractivity contribution in [2.75, 3.05) is 11.6 Å². The topological polar surface area (TPSA) is 49.4 Å². The highest BCUT2D eigenvalue weighted by Crippen LogP contribution is 2.60. The minimum Gasteiger partial charge on any atom is -0.350 e. The van der Waals surface area contributed by atoms with Crippen molar-refractivity contribution in [1.29, 1.82) is 0 Å². The van der Waals surface area contributed by atoms with E-state index in [-0.39, 0.29) is 40.6 Å². The highest BCUT2D eigenvalue weighted by molar-refractivity contribution is 7.99. The van der Waals surface area contributed by atoms with E-state index >= 15 is 0 Å². The lowest BCUT2D eigenvalue weighted by atomic mass is 10.1. The summed E-state index contributed by atoms with van der Waals surface area (Å²) in [5.41, 5.74) is 0.964. The molecule has 1 saturated heterocycles. The molecule has 1 saturated carbocycles. The third kappa shape index (κ3) is 3.93. The zero-order valence-corrected chi connectivity index (χ0v) is 16.2. The number of carbonyl (C=O) groups is 2. The standard InChI is InChI=1S/C18H30N2O2S/c1-11(2)8-12-14(18(12,6)7)16(22)20-10-23-9-13(20)15(21)19-17(3,4)5/h8,12-14H,9-10H2,1-7H3,(H,19,21)/t12-,13-,14-/m1/s1. The number of hydrogen-bond donors (Lipinski definition) is 1. The Bertz CT molecular complexity index is 530. The van der Waals surface area contributed by atoms with Gasteiger partial charge in [0.15, 0.2) is 0 Å². The molecule has 2 amide bonds. The third-order valence-corrected chi connectivity index (χ3v) is 5.67. The maximum atomic E-state index is 13.0. The van der Waals surface area contributed by atoms with Crippen LogP contribution in [0.25, 0.3) is 0 Å². The van der Waals surface area contributed by atoms with Crippen molar-refractivity contribution in [2.24, 2.45) is 17.3 Å². The fourth-order valence-electron chi connectivity index (χ4n) is 3.33. The van der Waals surface area contributed by atoms with E-state index < -0.39 is 0 Å². The van der Waals surface area contributed by atoms with Crippen molar-refractivity contribution >= 4 is 23.6 Å². The van der Waals surface area contributed by atoms with Gasteiger partial charge in [0.1, 0.15) is 6.04 Å². The minimum atomic E-state index is -0.338. The molecule has 4 nitrogen and oxygen atoms in total. The number of allylic oxidation sites excluding steroid dienone is 2. The highest BCUT2D eigenvalue weighted by atomic mass is 32.2. The third-order valence-electron chi connectivity index (χ3n) is 4.66. The Kier molecular flexibility index (Phi) is 4.91. The lowest BCUT2D eigenvalue weighted by Gasteiger charge is -2.28. The van der Waals surface area contributed by atoms with E-state index in [4.69, 9.17) is 0 Å². The molecule has 1 heterocycles. The molecule has 2 aliphatic rings. The summed E-state index contributed by atoms with van der Waals surface area (Å²) in [5, 5.41) is 3.01. The molecule has 2 fully saturated rings. The van der Waals surface area contributed by atoms with Gasteiger partial charge in [-0.3, -0.25) is 9.59 Å². The lowest BCUT2D eigenvalue weighted by molar-refractivity contribution is -0.140. The van der Waals surface area contributed by atoms with Gasteiger partial charge >= 0.3 is 0 Å². The van der Waals surface area contributed by atoms with Crippen molar-refractivity contribution in [3.8, 4) is 0 Å². The molecule has 5 heteroatoms. The van der Waals surface area contributed by atoms with Gasteiger partial charge in [0.2, 0.25) is 11.8 Å². The number of amides is 2. The average Bonchev–Trinajstić information content (AvgIpc) is 2.76. The predicted octanol–water partition coefficient (Wildman–Crippen LogP) is 3.04. The average molecular weight is 339 g/mol. The largest absolute Gasteiger partial charge is 0.350 e. The monoisotopic (exact) mass is 338 g/mol. The van der Waals surface area contributed by atoms with Crippen LogP contribution in [0.4, 0.5) is 0 Å². The van der Waals surface area contributed by atoms with E-state index in [1.165, 1.54) is 5.57 Å². The van der Waals surface area contributed by atoms with Gasteiger partial charge in [0.05, 0.1) is 11.8 Å². The summed E-state index contributed by atoms with van der Waals surface area (Å²) >= 11 is 1.66. The number of carbonyl (C=O) groups excluding carboxylic acids is 2. The Hall–Kier alpha value is -0.970. The lowest BCUT2D eigenvalue weighted by Crippen LogP contribution is -2.52. The summed E-state index contributed by atoms with van der Waals surface area (Å²) in [6.07, 6.45) is 2.20. The zero-order valence-electron chi connectivity index (χ0n) is 15.4. The van der Waals surface area contributed by atoms with E-state index in [2.05, 4.69) is 39.1 Å². The Morgan fingerprint density at radius 1 is 1.26 bits per heavy atom. The second-order valence-corrected chi connectivity index (χ2v) is 9.63. The van der Waals surface area contributed by atoms with E-state index in [1.807, 2.05) is 20.8 Å². The molecule has 1 aliphatic carbocycles. The molecule has 0 radical (unpaired) electrons. The molecule has 1 aliphatic heterocycles. The summed E-state index contributed by atoms with van der Waals surface area (Å²) in [5.74, 6) is 1.70. The van der Waals surface area contributed by atoms with E-state index in [1.54, 1.807) is 16.7 Å². The van der Waals surface area contributed by atoms with Gasteiger partial charge in [0, 0.05) is 11.3 Å². The first-order chi connectivity index (χ1) is 10.4. The number of rotatable bonds is 3. The molecule has 0 spiro atoms. The molecule has 0 aromatic rings. The maximum absolute atomic E-state index is 13.0. The predicted molar refractivity (Wildman–Crippen MR) is 96.0 cm³/mol. The summed E-state index contributed by atoms with van der Waals surface area (Å²) in [4.78, 5) is 27.3. The first kappa shape index (κ1) is 18.4. The summed E-state index contributed by atoms with van der Waals surface area (Å²) < 4.78 is 0. The first-order valence-corrected chi connectivity index (χ1v) is 9.46. The van der Waals surface area contributed by atoms with Crippen molar-refractivity contribution in [1.82, 2.24) is 10.2 Å². The minimum absolute atomic E-state index is 0.000960. The van der Waals surface area contributed by atoms with E-state index in [0.29, 0.717) is 11.6 Å². The Morgan fingerprint density at radius 2 is 1.87 bits per heavy atom. The molecule has 1 N–H and O–H groups in total. The van der Waals surface area contributed by atoms with Crippen molar-refractivity contribution in [2.45, 2.75) is 60.0 Å². The number of thioether (sulfide) groups is 1. The SMILES string of the molecule is CC(C)=C[C@@H]1[C@H](C(=O)N2CSC[C@@H]2C(=O)NC(C)(C)C)C1(C)C. The first-order valence-electron chi connectivity index (χ1n) is 8.30. The number of nitrogens with zero attached hydrogens (tertiary/aromatic N) is 1. The fourth-order valence-corrected chi connectivity index (χ4v) is 4.49. The summed E-state index contributed by atoms with van der Waals surface area (Å²) in [7, 11) is 0. The molecule has 23 heavy (non-hydrogen) atoms. The van der Waals surface area contributed by atoms with Crippen LogP contribution in [0.3, 0.4) is 0 Å². The van der Waals surface area contributed by atoms with E-state index in [0.717, 1.165) is 0 Å². The van der Waals surface area contributed by atoms with Gasteiger partial charge < -0.3 is 10.2 Å².